The van der Waals surface area contributed by atoms with E-state index in [1.807, 2.05) is 12.3 Å². The topological polar surface area (TPSA) is 53.8 Å². The number of hydrogen-bond donors (Lipinski definition) is 3. The molecule has 1 aromatic rings. The Hall–Kier alpha value is -0.800. The summed E-state index contributed by atoms with van der Waals surface area (Å²) in [6.07, 6.45) is 6.22. The SMILES string of the molecule is NNC(c1ccc[nH]1)C1C2CCCC21. The smallest absolute Gasteiger partial charge is 0.0643 e. The molecule has 0 aromatic carbocycles. The monoisotopic (exact) mass is 191 g/mol. The zero-order valence-corrected chi connectivity index (χ0v) is 8.24. The maximum absolute atomic E-state index is 5.64. The predicted octanol–water partition coefficient (Wildman–Crippen LogP) is 1.57. The van der Waals surface area contributed by atoms with Gasteiger partial charge in [0.05, 0.1) is 6.04 Å². The lowest BCUT2D eigenvalue weighted by Crippen LogP contribution is -2.30. The van der Waals surface area contributed by atoms with E-state index in [-0.39, 0.29) is 0 Å². The van der Waals surface area contributed by atoms with Crippen LogP contribution in [0.2, 0.25) is 0 Å². The van der Waals surface area contributed by atoms with Crippen LogP contribution in [0.5, 0.6) is 0 Å². The third-order valence-corrected chi connectivity index (χ3v) is 3.99. The van der Waals surface area contributed by atoms with E-state index in [1.165, 1.54) is 25.0 Å². The van der Waals surface area contributed by atoms with Crippen LogP contribution in [0, 0.1) is 17.8 Å². The summed E-state index contributed by atoms with van der Waals surface area (Å²) in [6.45, 7) is 0. The summed E-state index contributed by atoms with van der Waals surface area (Å²) in [5.74, 6) is 8.31. The lowest BCUT2D eigenvalue weighted by Gasteiger charge is -2.16. The van der Waals surface area contributed by atoms with E-state index in [9.17, 15) is 0 Å². The highest BCUT2D eigenvalue weighted by Crippen LogP contribution is 2.61. The summed E-state index contributed by atoms with van der Waals surface area (Å²) in [5.41, 5.74) is 4.21. The fourth-order valence-corrected chi connectivity index (χ4v) is 3.32. The normalized spacial score (nSPS) is 36.8. The van der Waals surface area contributed by atoms with Gasteiger partial charge < -0.3 is 4.98 Å². The third-order valence-electron chi connectivity index (χ3n) is 3.99. The lowest BCUT2D eigenvalue weighted by molar-refractivity contribution is 0.418. The Morgan fingerprint density at radius 3 is 2.79 bits per heavy atom. The van der Waals surface area contributed by atoms with E-state index in [0.717, 1.165) is 17.8 Å². The van der Waals surface area contributed by atoms with Crippen molar-refractivity contribution >= 4 is 0 Å². The molecule has 3 nitrogen and oxygen atoms in total. The maximum Gasteiger partial charge on any atom is 0.0643 e. The summed E-state index contributed by atoms with van der Waals surface area (Å²) in [6, 6.07) is 4.51. The van der Waals surface area contributed by atoms with Gasteiger partial charge in [-0.15, -0.1) is 0 Å². The van der Waals surface area contributed by atoms with Gasteiger partial charge in [-0.2, -0.15) is 0 Å². The van der Waals surface area contributed by atoms with Crippen molar-refractivity contribution in [2.75, 3.05) is 0 Å². The Morgan fingerprint density at radius 2 is 2.21 bits per heavy atom. The van der Waals surface area contributed by atoms with Crippen molar-refractivity contribution in [2.24, 2.45) is 23.6 Å². The van der Waals surface area contributed by atoms with Crippen LogP contribution in [0.3, 0.4) is 0 Å². The van der Waals surface area contributed by atoms with Crippen LogP contribution in [0.4, 0.5) is 0 Å². The second-order valence-corrected chi connectivity index (χ2v) is 4.61. The van der Waals surface area contributed by atoms with Gasteiger partial charge in [0.1, 0.15) is 0 Å². The highest BCUT2D eigenvalue weighted by Gasteiger charge is 2.56. The Morgan fingerprint density at radius 1 is 1.43 bits per heavy atom. The summed E-state index contributed by atoms with van der Waals surface area (Å²) < 4.78 is 0. The average molecular weight is 191 g/mol. The van der Waals surface area contributed by atoms with Crippen molar-refractivity contribution in [3.63, 3.8) is 0 Å². The van der Waals surface area contributed by atoms with Crippen LogP contribution in [0.25, 0.3) is 0 Å². The molecule has 14 heavy (non-hydrogen) atoms. The molecular formula is C11H17N3. The molecule has 0 bridgehead atoms. The van der Waals surface area contributed by atoms with Crippen molar-refractivity contribution in [2.45, 2.75) is 25.3 Å². The van der Waals surface area contributed by atoms with Crippen LogP contribution in [0.1, 0.15) is 31.0 Å². The molecule has 3 rings (SSSR count). The second kappa shape index (κ2) is 3.11. The quantitative estimate of drug-likeness (QED) is 0.501. The fourth-order valence-electron chi connectivity index (χ4n) is 3.32. The van der Waals surface area contributed by atoms with Crippen LogP contribution < -0.4 is 11.3 Å². The molecule has 4 N–H and O–H groups in total. The Bertz CT molecular complexity index is 296. The van der Waals surface area contributed by atoms with Gasteiger partial charge in [-0.05, 0) is 42.7 Å². The number of aromatic nitrogens is 1. The number of aromatic amines is 1. The molecule has 3 heteroatoms. The molecule has 2 fully saturated rings. The van der Waals surface area contributed by atoms with Gasteiger partial charge in [-0.25, -0.2) is 0 Å². The van der Waals surface area contributed by atoms with Crippen molar-refractivity contribution in [3.8, 4) is 0 Å². The Labute approximate surface area is 84.0 Å². The first-order valence-electron chi connectivity index (χ1n) is 5.51. The van der Waals surface area contributed by atoms with Gasteiger partial charge in [-0.3, -0.25) is 11.3 Å². The van der Waals surface area contributed by atoms with E-state index < -0.39 is 0 Å². The molecular weight excluding hydrogens is 174 g/mol. The van der Waals surface area contributed by atoms with E-state index in [2.05, 4.69) is 16.5 Å². The van der Waals surface area contributed by atoms with Crippen molar-refractivity contribution in [1.29, 1.82) is 0 Å². The van der Waals surface area contributed by atoms with Gasteiger partial charge in [0.2, 0.25) is 0 Å². The number of H-pyrrole nitrogens is 1. The molecule has 2 saturated carbocycles. The van der Waals surface area contributed by atoms with E-state index in [0.29, 0.717) is 6.04 Å². The molecule has 1 aromatic heterocycles. The second-order valence-electron chi connectivity index (χ2n) is 4.61. The lowest BCUT2D eigenvalue weighted by atomic mass is 10.0. The molecule has 2 aliphatic rings. The minimum absolute atomic E-state index is 0.347. The first kappa shape index (κ1) is 8.50. The number of fused-ring (bicyclic) bond motifs is 1. The minimum atomic E-state index is 0.347. The van der Waals surface area contributed by atoms with Crippen LogP contribution in [-0.2, 0) is 0 Å². The average Bonchev–Trinajstić information content (AvgIpc) is 2.67. The first-order valence-corrected chi connectivity index (χ1v) is 5.51. The summed E-state index contributed by atoms with van der Waals surface area (Å²) >= 11 is 0. The fraction of sp³-hybridized carbons (Fsp3) is 0.636. The maximum atomic E-state index is 5.64. The summed E-state index contributed by atoms with van der Waals surface area (Å²) in [5, 5.41) is 0. The molecule has 1 heterocycles. The molecule has 0 amide bonds. The molecule has 0 saturated heterocycles. The largest absolute Gasteiger partial charge is 0.364 e. The van der Waals surface area contributed by atoms with Gasteiger partial charge in [-0.1, -0.05) is 6.42 Å². The van der Waals surface area contributed by atoms with Gasteiger partial charge in [0, 0.05) is 11.9 Å². The standard InChI is InChI=1S/C11H17N3/c12-14-11(9-5-2-6-13-9)10-7-3-1-4-8(7)10/h2,5-8,10-11,13-14H,1,3-4,12H2. The van der Waals surface area contributed by atoms with Crippen LogP contribution >= 0.6 is 0 Å². The highest BCUT2D eigenvalue weighted by molar-refractivity contribution is 5.17. The predicted molar refractivity (Wildman–Crippen MR) is 55.2 cm³/mol. The first-order chi connectivity index (χ1) is 6.92. The minimum Gasteiger partial charge on any atom is -0.364 e. The molecule has 3 unspecified atom stereocenters. The molecule has 0 radical (unpaired) electrons. The number of hydrazine groups is 1. The number of rotatable bonds is 3. The number of nitrogens with two attached hydrogens (primary N) is 1. The van der Waals surface area contributed by atoms with Crippen molar-refractivity contribution in [1.82, 2.24) is 10.4 Å². The van der Waals surface area contributed by atoms with E-state index in [1.54, 1.807) is 0 Å². The van der Waals surface area contributed by atoms with Crippen molar-refractivity contribution < 1.29 is 0 Å². The van der Waals surface area contributed by atoms with E-state index in [4.69, 9.17) is 5.84 Å². The Kier molecular flexibility index (Phi) is 1.89. The van der Waals surface area contributed by atoms with Crippen molar-refractivity contribution in [3.05, 3.63) is 24.0 Å². The molecule has 3 atom stereocenters. The number of nitrogens with one attached hydrogen (secondary N) is 2. The zero-order chi connectivity index (χ0) is 9.54. The van der Waals surface area contributed by atoms with Gasteiger partial charge in [0.15, 0.2) is 0 Å². The highest BCUT2D eigenvalue weighted by atomic mass is 15.2. The van der Waals surface area contributed by atoms with Crippen LogP contribution in [0.15, 0.2) is 18.3 Å². The van der Waals surface area contributed by atoms with Crippen LogP contribution in [-0.4, -0.2) is 4.98 Å². The molecule has 2 aliphatic carbocycles. The third kappa shape index (κ3) is 1.12. The summed E-state index contributed by atoms with van der Waals surface area (Å²) in [7, 11) is 0. The van der Waals surface area contributed by atoms with Gasteiger partial charge in [0.25, 0.3) is 0 Å². The molecule has 0 spiro atoms. The summed E-state index contributed by atoms with van der Waals surface area (Å²) in [4.78, 5) is 3.26. The molecule has 0 aliphatic heterocycles. The number of hydrogen-bond acceptors (Lipinski definition) is 2. The Balaban J connectivity index is 1.77. The molecule has 76 valence electrons. The van der Waals surface area contributed by atoms with Gasteiger partial charge >= 0.3 is 0 Å². The zero-order valence-electron chi connectivity index (χ0n) is 8.24. The van der Waals surface area contributed by atoms with E-state index >= 15 is 0 Å².